The van der Waals surface area contributed by atoms with E-state index in [0.717, 1.165) is 29.3 Å². The minimum atomic E-state index is -0.323. The molecule has 1 unspecified atom stereocenters. The highest BCUT2D eigenvalue weighted by Gasteiger charge is 2.13. The lowest BCUT2D eigenvalue weighted by Crippen LogP contribution is -2.06. The highest BCUT2D eigenvalue weighted by molar-refractivity contribution is 9.10. The Labute approximate surface area is 107 Å². The number of benzene rings is 1. The molecular formula is C14H21BrO. The Morgan fingerprint density at radius 2 is 1.88 bits per heavy atom. The highest BCUT2D eigenvalue weighted by atomic mass is 79.9. The number of halogens is 1. The van der Waals surface area contributed by atoms with Crippen LogP contribution in [-0.4, -0.2) is 5.11 Å². The summed E-state index contributed by atoms with van der Waals surface area (Å²) >= 11 is 3.48. The molecule has 0 aromatic heterocycles. The predicted octanol–water partition coefficient (Wildman–Crippen LogP) is 4.62. The molecule has 1 nitrogen and oxygen atoms in total. The molecule has 0 fully saturated rings. The average molecular weight is 285 g/mol. The monoisotopic (exact) mass is 284 g/mol. The van der Waals surface area contributed by atoms with Crippen LogP contribution in [0.15, 0.2) is 22.7 Å². The summed E-state index contributed by atoms with van der Waals surface area (Å²) in [5.74, 6) is 0.624. The van der Waals surface area contributed by atoms with Crippen LogP contribution in [0.1, 0.15) is 50.3 Å². The van der Waals surface area contributed by atoms with E-state index < -0.39 is 0 Å². The van der Waals surface area contributed by atoms with E-state index in [9.17, 15) is 5.11 Å². The van der Waals surface area contributed by atoms with Crippen molar-refractivity contribution in [1.29, 1.82) is 0 Å². The minimum absolute atomic E-state index is 0.323. The molecule has 0 aliphatic heterocycles. The van der Waals surface area contributed by atoms with Gasteiger partial charge in [-0.1, -0.05) is 54.8 Å². The van der Waals surface area contributed by atoms with Crippen molar-refractivity contribution in [2.75, 3.05) is 0 Å². The number of hydrogen-bond acceptors (Lipinski definition) is 1. The zero-order valence-corrected chi connectivity index (χ0v) is 11.9. The summed E-state index contributed by atoms with van der Waals surface area (Å²) in [6.45, 7) is 6.43. The van der Waals surface area contributed by atoms with E-state index in [1.165, 1.54) is 5.56 Å². The molecule has 0 aliphatic carbocycles. The Morgan fingerprint density at radius 1 is 1.25 bits per heavy atom. The van der Waals surface area contributed by atoms with E-state index in [2.05, 4.69) is 42.8 Å². The molecular weight excluding hydrogens is 264 g/mol. The van der Waals surface area contributed by atoms with Crippen LogP contribution in [0.4, 0.5) is 0 Å². The van der Waals surface area contributed by atoms with Crippen molar-refractivity contribution in [3.05, 3.63) is 33.8 Å². The lowest BCUT2D eigenvalue weighted by molar-refractivity contribution is 0.141. The van der Waals surface area contributed by atoms with Gasteiger partial charge in [-0.2, -0.15) is 0 Å². The van der Waals surface area contributed by atoms with E-state index in [-0.39, 0.29) is 6.10 Å². The molecule has 1 rings (SSSR count). The second kappa shape index (κ2) is 6.41. The smallest absolute Gasteiger partial charge is 0.0792 e. The van der Waals surface area contributed by atoms with E-state index in [4.69, 9.17) is 0 Å². The quantitative estimate of drug-likeness (QED) is 0.837. The van der Waals surface area contributed by atoms with Gasteiger partial charge in [-0.15, -0.1) is 0 Å². The molecule has 0 aliphatic rings. The van der Waals surface area contributed by atoms with Gasteiger partial charge in [0.05, 0.1) is 6.10 Å². The van der Waals surface area contributed by atoms with Gasteiger partial charge in [0.2, 0.25) is 0 Å². The molecule has 0 bridgehead atoms. The number of aliphatic hydroxyl groups is 1. The van der Waals surface area contributed by atoms with Crippen LogP contribution in [0.3, 0.4) is 0 Å². The Bertz CT molecular complexity index is 332. The molecule has 0 radical (unpaired) electrons. The third-order valence-corrected chi connectivity index (χ3v) is 4.17. The van der Waals surface area contributed by atoms with Gasteiger partial charge in [0.15, 0.2) is 0 Å². The lowest BCUT2D eigenvalue weighted by atomic mass is 9.92. The van der Waals surface area contributed by atoms with Crippen molar-refractivity contribution in [1.82, 2.24) is 0 Å². The van der Waals surface area contributed by atoms with Gasteiger partial charge in [0, 0.05) is 4.47 Å². The van der Waals surface area contributed by atoms with E-state index in [1.807, 2.05) is 12.1 Å². The van der Waals surface area contributed by atoms with Crippen molar-refractivity contribution in [3.8, 4) is 0 Å². The fourth-order valence-electron chi connectivity index (χ4n) is 1.95. The van der Waals surface area contributed by atoms with Crippen LogP contribution in [0.25, 0.3) is 0 Å². The van der Waals surface area contributed by atoms with Crippen molar-refractivity contribution in [3.63, 3.8) is 0 Å². The maximum atomic E-state index is 10.2. The molecule has 0 heterocycles. The molecule has 90 valence electrons. The summed E-state index contributed by atoms with van der Waals surface area (Å²) < 4.78 is 1.10. The fourth-order valence-corrected chi connectivity index (χ4v) is 2.20. The largest absolute Gasteiger partial charge is 0.388 e. The van der Waals surface area contributed by atoms with Gasteiger partial charge in [0.1, 0.15) is 0 Å². The number of aliphatic hydroxyl groups excluding tert-OH is 1. The Morgan fingerprint density at radius 3 is 2.38 bits per heavy atom. The lowest BCUT2D eigenvalue weighted by Gasteiger charge is -2.18. The van der Waals surface area contributed by atoms with E-state index >= 15 is 0 Å². The Kier molecular flexibility index (Phi) is 5.50. The van der Waals surface area contributed by atoms with Crippen LogP contribution in [0.5, 0.6) is 0 Å². The summed E-state index contributed by atoms with van der Waals surface area (Å²) in [6.07, 6.45) is 2.83. The standard InChI is InChI=1S/C14H21BrO/c1-4-11(5-2)9-14(16)12-6-7-13(15)10(3)8-12/h6-8,11,14,16H,4-5,9H2,1-3H3. The maximum Gasteiger partial charge on any atom is 0.0792 e. The number of aryl methyl sites for hydroxylation is 1. The van der Waals surface area contributed by atoms with Crippen LogP contribution in [0, 0.1) is 12.8 Å². The second-order valence-corrected chi connectivity index (χ2v) is 5.30. The zero-order valence-electron chi connectivity index (χ0n) is 10.3. The minimum Gasteiger partial charge on any atom is -0.388 e. The Hall–Kier alpha value is -0.340. The van der Waals surface area contributed by atoms with Gasteiger partial charge in [0.25, 0.3) is 0 Å². The predicted molar refractivity (Wildman–Crippen MR) is 72.5 cm³/mol. The third kappa shape index (κ3) is 3.60. The molecule has 16 heavy (non-hydrogen) atoms. The first-order valence-corrected chi connectivity index (χ1v) is 6.81. The molecule has 1 aromatic carbocycles. The average Bonchev–Trinajstić information content (AvgIpc) is 2.29. The molecule has 0 spiro atoms. The second-order valence-electron chi connectivity index (χ2n) is 4.44. The van der Waals surface area contributed by atoms with Crippen molar-refractivity contribution in [2.45, 2.75) is 46.1 Å². The SMILES string of the molecule is CCC(CC)CC(O)c1ccc(Br)c(C)c1. The Balaban J connectivity index is 2.72. The molecule has 1 aromatic rings. The molecule has 1 atom stereocenters. The summed E-state index contributed by atoms with van der Waals surface area (Å²) in [5, 5.41) is 10.2. The maximum absolute atomic E-state index is 10.2. The summed E-state index contributed by atoms with van der Waals surface area (Å²) in [4.78, 5) is 0. The molecule has 1 N–H and O–H groups in total. The first-order chi connectivity index (χ1) is 7.58. The number of hydrogen-bond donors (Lipinski definition) is 1. The van der Waals surface area contributed by atoms with Gasteiger partial charge < -0.3 is 5.11 Å². The molecule has 2 heteroatoms. The van der Waals surface area contributed by atoms with Gasteiger partial charge in [-0.25, -0.2) is 0 Å². The molecule has 0 saturated carbocycles. The zero-order chi connectivity index (χ0) is 12.1. The van der Waals surface area contributed by atoms with Crippen molar-refractivity contribution < 1.29 is 5.11 Å². The summed E-state index contributed by atoms with van der Waals surface area (Å²) in [5.41, 5.74) is 2.22. The molecule has 0 saturated heterocycles. The van der Waals surface area contributed by atoms with Crippen LogP contribution < -0.4 is 0 Å². The van der Waals surface area contributed by atoms with Gasteiger partial charge in [-0.3, -0.25) is 0 Å². The first kappa shape index (κ1) is 13.7. The normalized spacial score (nSPS) is 13.1. The molecule has 0 amide bonds. The fraction of sp³-hybridized carbons (Fsp3) is 0.571. The van der Waals surface area contributed by atoms with Crippen molar-refractivity contribution >= 4 is 15.9 Å². The van der Waals surface area contributed by atoms with E-state index in [0.29, 0.717) is 5.92 Å². The number of rotatable bonds is 5. The van der Waals surface area contributed by atoms with Crippen LogP contribution >= 0.6 is 15.9 Å². The summed E-state index contributed by atoms with van der Waals surface area (Å²) in [6, 6.07) is 6.09. The van der Waals surface area contributed by atoms with E-state index in [1.54, 1.807) is 0 Å². The topological polar surface area (TPSA) is 20.2 Å². The van der Waals surface area contributed by atoms with Gasteiger partial charge >= 0.3 is 0 Å². The van der Waals surface area contributed by atoms with Crippen molar-refractivity contribution in [2.24, 2.45) is 5.92 Å². The van der Waals surface area contributed by atoms with Crippen LogP contribution in [0.2, 0.25) is 0 Å². The van der Waals surface area contributed by atoms with Gasteiger partial charge in [-0.05, 0) is 36.5 Å². The first-order valence-electron chi connectivity index (χ1n) is 6.02. The van der Waals surface area contributed by atoms with Crippen LogP contribution in [-0.2, 0) is 0 Å². The summed E-state index contributed by atoms with van der Waals surface area (Å²) in [7, 11) is 0. The third-order valence-electron chi connectivity index (χ3n) is 3.28. The highest BCUT2D eigenvalue weighted by Crippen LogP contribution is 2.27.